The molecular formula is C27H30BO8-. The van der Waals surface area contributed by atoms with E-state index in [4.69, 9.17) is 23.4 Å². The van der Waals surface area contributed by atoms with Crippen LogP contribution in [0.25, 0.3) is 11.0 Å². The lowest BCUT2D eigenvalue weighted by Crippen LogP contribution is -2.42. The quantitative estimate of drug-likeness (QED) is 0.426. The predicted octanol–water partition coefficient (Wildman–Crippen LogP) is 4.59. The predicted molar refractivity (Wildman–Crippen MR) is 134 cm³/mol. The molecule has 0 radical (unpaired) electrons. The summed E-state index contributed by atoms with van der Waals surface area (Å²) in [5, 5.41) is 0. The van der Waals surface area contributed by atoms with Crippen LogP contribution >= 0.6 is 0 Å². The van der Waals surface area contributed by atoms with Gasteiger partial charge in [-0.1, -0.05) is 35.3 Å². The summed E-state index contributed by atoms with van der Waals surface area (Å²) >= 11 is 0. The standard InChI is InChI=1S/C27H30BO8/c1-7-32-23(29)19-13-9-17(10-14-19)21-22(18-11-15-20(16-12-18)24(30)33-8-2)28(34-25(21)31)35-26(3,4)27(5,6)36-28/h9-16H,7-8H2,1-6H3/q-1. The van der Waals surface area contributed by atoms with Crippen LogP contribution in [0.4, 0.5) is 0 Å². The monoisotopic (exact) mass is 493 g/mol. The van der Waals surface area contributed by atoms with Crippen molar-refractivity contribution in [1.82, 2.24) is 0 Å². The third-order valence-corrected chi connectivity index (χ3v) is 6.83. The van der Waals surface area contributed by atoms with E-state index >= 15 is 0 Å². The minimum atomic E-state index is -2.65. The second kappa shape index (κ2) is 9.22. The van der Waals surface area contributed by atoms with Gasteiger partial charge in [-0.15, -0.1) is 0 Å². The average Bonchev–Trinajstić information content (AvgIpc) is 3.19. The van der Waals surface area contributed by atoms with Crippen molar-refractivity contribution >= 4 is 35.7 Å². The van der Waals surface area contributed by atoms with Gasteiger partial charge in [0.15, 0.2) is 0 Å². The Hall–Kier alpha value is -3.43. The summed E-state index contributed by atoms with van der Waals surface area (Å²) in [5.41, 5.74) is 1.05. The summed E-state index contributed by atoms with van der Waals surface area (Å²) in [5.74, 6) is -1.49. The summed E-state index contributed by atoms with van der Waals surface area (Å²) in [4.78, 5) is 37.6. The molecule has 0 atom stereocenters. The molecule has 1 fully saturated rings. The molecule has 0 N–H and O–H groups in total. The lowest BCUT2D eigenvalue weighted by molar-refractivity contribution is -0.130. The van der Waals surface area contributed by atoms with Crippen LogP contribution in [0.15, 0.2) is 48.5 Å². The summed E-state index contributed by atoms with van der Waals surface area (Å²) in [6.45, 7) is 8.86. The normalized spacial score (nSPS) is 19.3. The van der Waals surface area contributed by atoms with Gasteiger partial charge < -0.3 is 23.4 Å². The Morgan fingerprint density at radius 2 is 1.17 bits per heavy atom. The van der Waals surface area contributed by atoms with E-state index < -0.39 is 35.9 Å². The molecule has 2 aromatic carbocycles. The summed E-state index contributed by atoms with van der Waals surface area (Å²) in [7, 11) is 0. The van der Waals surface area contributed by atoms with E-state index in [9.17, 15) is 14.4 Å². The van der Waals surface area contributed by atoms with Crippen LogP contribution in [0.2, 0.25) is 0 Å². The summed E-state index contributed by atoms with van der Waals surface area (Å²) in [6.07, 6.45) is 0. The van der Waals surface area contributed by atoms with Gasteiger partial charge >= 0.3 is 18.7 Å². The Kier molecular flexibility index (Phi) is 6.57. The van der Waals surface area contributed by atoms with Crippen molar-refractivity contribution in [2.75, 3.05) is 13.2 Å². The van der Waals surface area contributed by atoms with Crippen LogP contribution in [-0.4, -0.2) is 49.1 Å². The van der Waals surface area contributed by atoms with Gasteiger partial charge in [-0.25, -0.2) is 9.59 Å². The fraction of sp³-hybridized carbons (Fsp3) is 0.370. The van der Waals surface area contributed by atoms with Crippen molar-refractivity contribution in [3.63, 3.8) is 0 Å². The topological polar surface area (TPSA) is 97.4 Å². The van der Waals surface area contributed by atoms with Gasteiger partial charge in [0.05, 0.1) is 24.3 Å². The van der Waals surface area contributed by atoms with Crippen molar-refractivity contribution in [3.8, 4) is 0 Å². The number of carbonyl (C=O) groups excluding carboxylic acids is 3. The molecule has 2 aromatic rings. The van der Waals surface area contributed by atoms with E-state index in [1.54, 1.807) is 62.4 Å². The smallest absolute Gasteiger partial charge is 0.470 e. The zero-order valence-electron chi connectivity index (χ0n) is 21.4. The molecule has 0 unspecified atom stereocenters. The molecule has 0 bridgehead atoms. The highest BCUT2D eigenvalue weighted by Crippen LogP contribution is 2.52. The number of benzene rings is 2. The maximum atomic E-state index is 13.3. The fourth-order valence-electron chi connectivity index (χ4n) is 4.40. The molecule has 1 spiro atoms. The van der Waals surface area contributed by atoms with Gasteiger partial charge in [-0.3, -0.25) is 4.79 Å². The molecule has 9 heteroatoms. The van der Waals surface area contributed by atoms with Crippen molar-refractivity contribution < 1.29 is 37.8 Å². The second-order valence-electron chi connectivity index (χ2n) is 9.69. The minimum absolute atomic E-state index is 0.259. The third kappa shape index (κ3) is 4.33. The first-order valence-corrected chi connectivity index (χ1v) is 12.0. The Bertz CT molecular complexity index is 1210. The average molecular weight is 493 g/mol. The number of rotatable bonds is 6. The first-order valence-electron chi connectivity index (χ1n) is 12.0. The van der Waals surface area contributed by atoms with Crippen molar-refractivity contribution in [3.05, 3.63) is 70.8 Å². The number of carbonyl (C=O) groups is 3. The maximum absolute atomic E-state index is 13.3. The van der Waals surface area contributed by atoms with Crippen LogP contribution in [0.1, 0.15) is 73.4 Å². The molecule has 2 aliphatic rings. The van der Waals surface area contributed by atoms with Crippen LogP contribution in [0.3, 0.4) is 0 Å². The second-order valence-corrected chi connectivity index (χ2v) is 9.69. The SMILES string of the molecule is CCOC(=O)c1ccc(C2=C(c3ccc(C(=O)OCC)cc3)[B-]3(OC2=O)OC(C)(C)C(C)(C)O3)cc1. The highest BCUT2D eigenvalue weighted by molar-refractivity contribution is 6.89. The lowest BCUT2D eigenvalue weighted by atomic mass is 9.64. The zero-order valence-corrected chi connectivity index (χ0v) is 21.4. The summed E-state index contributed by atoms with van der Waals surface area (Å²) < 4.78 is 28.8. The minimum Gasteiger partial charge on any atom is -0.636 e. The molecule has 0 aliphatic carbocycles. The Morgan fingerprint density at radius 1 is 0.750 bits per heavy atom. The first-order chi connectivity index (χ1) is 16.9. The van der Waals surface area contributed by atoms with Gasteiger partial charge in [-0.05, 0) is 71.4 Å². The highest BCUT2D eigenvalue weighted by Gasteiger charge is 2.60. The van der Waals surface area contributed by atoms with Crippen molar-refractivity contribution in [2.24, 2.45) is 0 Å². The van der Waals surface area contributed by atoms with E-state index in [1.807, 2.05) is 27.7 Å². The zero-order chi connectivity index (χ0) is 26.3. The molecule has 2 heterocycles. The van der Waals surface area contributed by atoms with Crippen LogP contribution in [0.5, 0.6) is 0 Å². The van der Waals surface area contributed by atoms with Gasteiger partial charge in [0.1, 0.15) is 0 Å². The first kappa shape index (κ1) is 25.7. The Morgan fingerprint density at radius 3 is 1.58 bits per heavy atom. The van der Waals surface area contributed by atoms with Gasteiger partial charge in [0, 0.05) is 16.8 Å². The Balaban J connectivity index is 1.86. The maximum Gasteiger partial charge on any atom is 0.470 e. The van der Waals surface area contributed by atoms with E-state index in [-0.39, 0.29) is 18.8 Å². The van der Waals surface area contributed by atoms with E-state index in [0.717, 1.165) is 0 Å². The van der Waals surface area contributed by atoms with E-state index in [2.05, 4.69) is 0 Å². The molecule has 190 valence electrons. The number of hydrogen-bond donors (Lipinski definition) is 0. The Labute approximate surface area is 210 Å². The van der Waals surface area contributed by atoms with E-state index in [0.29, 0.717) is 27.7 Å². The number of esters is 2. The molecule has 2 aliphatic heterocycles. The number of hydrogen-bond acceptors (Lipinski definition) is 8. The molecule has 1 saturated heterocycles. The fourth-order valence-corrected chi connectivity index (χ4v) is 4.40. The molecule has 0 saturated carbocycles. The number of ether oxygens (including phenoxy) is 2. The van der Waals surface area contributed by atoms with Crippen LogP contribution in [-0.2, 0) is 28.2 Å². The molecule has 8 nitrogen and oxygen atoms in total. The molecular weight excluding hydrogens is 463 g/mol. The lowest BCUT2D eigenvalue weighted by Gasteiger charge is -2.36. The van der Waals surface area contributed by atoms with Crippen LogP contribution in [0, 0.1) is 0 Å². The van der Waals surface area contributed by atoms with E-state index in [1.165, 1.54) is 0 Å². The van der Waals surface area contributed by atoms with Gasteiger partial charge in [-0.2, -0.15) is 0 Å². The van der Waals surface area contributed by atoms with Crippen molar-refractivity contribution in [1.29, 1.82) is 0 Å². The van der Waals surface area contributed by atoms with Gasteiger partial charge in [0.2, 0.25) is 0 Å². The third-order valence-electron chi connectivity index (χ3n) is 6.83. The molecule has 0 amide bonds. The van der Waals surface area contributed by atoms with Crippen molar-refractivity contribution in [2.45, 2.75) is 52.7 Å². The highest BCUT2D eigenvalue weighted by atomic mass is 16.8. The summed E-state index contributed by atoms with van der Waals surface area (Å²) in [6, 6.07) is 13.2. The largest absolute Gasteiger partial charge is 0.636 e. The molecule has 0 aromatic heterocycles. The van der Waals surface area contributed by atoms with Crippen LogP contribution < -0.4 is 0 Å². The molecule has 4 rings (SSSR count). The molecule has 36 heavy (non-hydrogen) atoms. The van der Waals surface area contributed by atoms with Gasteiger partial charge in [0.25, 0.3) is 5.97 Å².